The number of aromatic nitrogens is 2. The first-order valence-electron chi connectivity index (χ1n) is 8.32. The first-order valence-corrected chi connectivity index (χ1v) is 8.32. The number of carboxylic acid groups (broad SMARTS) is 1. The van der Waals surface area contributed by atoms with Gasteiger partial charge < -0.3 is 10.0 Å². The van der Waals surface area contributed by atoms with Crippen molar-refractivity contribution < 1.29 is 14.7 Å². The van der Waals surface area contributed by atoms with Crippen molar-refractivity contribution in [2.45, 2.75) is 38.1 Å². The van der Waals surface area contributed by atoms with Crippen molar-refractivity contribution in [1.29, 1.82) is 0 Å². The Morgan fingerprint density at radius 3 is 2.92 bits per heavy atom. The molecule has 1 atom stereocenters. The van der Waals surface area contributed by atoms with Crippen LogP contribution in [0.4, 0.5) is 0 Å². The molecule has 6 nitrogen and oxygen atoms in total. The quantitative estimate of drug-likeness (QED) is 0.905. The number of carboxylic acids is 1. The molecular formula is C18H19N3O3. The van der Waals surface area contributed by atoms with Crippen molar-refractivity contribution in [1.82, 2.24) is 15.1 Å². The maximum Gasteiger partial charge on any atom is 0.305 e. The minimum atomic E-state index is -0.901. The summed E-state index contributed by atoms with van der Waals surface area (Å²) in [4.78, 5) is 26.1. The third-order valence-electron chi connectivity index (χ3n) is 5.05. The average molecular weight is 325 g/mol. The summed E-state index contributed by atoms with van der Waals surface area (Å²) in [5.74, 6) is -1.06. The van der Waals surface area contributed by atoms with E-state index in [4.69, 9.17) is 0 Å². The second-order valence-corrected chi connectivity index (χ2v) is 6.44. The van der Waals surface area contributed by atoms with E-state index < -0.39 is 12.0 Å². The molecule has 1 aromatic carbocycles. The Morgan fingerprint density at radius 2 is 2.08 bits per heavy atom. The summed E-state index contributed by atoms with van der Waals surface area (Å²) in [5.41, 5.74) is 4.59. The average Bonchev–Trinajstić information content (AvgIpc) is 3.17. The third kappa shape index (κ3) is 2.38. The van der Waals surface area contributed by atoms with E-state index in [-0.39, 0.29) is 12.3 Å². The minimum Gasteiger partial charge on any atom is -0.481 e. The fraction of sp³-hybridized carbons (Fsp3) is 0.389. The van der Waals surface area contributed by atoms with Gasteiger partial charge in [-0.25, -0.2) is 0 Å². The predicted molar refractivity (Wildman–Crippen MR) is 86.8 cm³/mol. The summed E-state index contributed by atoms with van der Waals surface area (Å²) in [6.07, 6.45) is 3.48. The molecule has 1 amide bonds. The number of H-pyrrole nitrogens is 1. The first-order chi connectivity index (χ1) is 11.6. The van der Waals surface area contributed by atoms with Crippen LogP contribution in [0.25, 0.3) is 0 Å². The topological polar surface area (TPSA) is 86.3 Å². The Hall–Kier alpha value is -2.63. The van der Waals surface area contributed by atoms with Crippen molar-refractivity contribution in [2.75, 3.05) is 6.54 Å². The Balaban J connectivity index is 1.70. The summed E-state index contributed by atoms with van der Waals surface area (Å²) < 4.78 is 0. The van der Waals surface area contributed by atoms with E-state index in [1.807, 2.05) is 24.3 Å². The first kappa shape index (κ1) is 14.9. The van der Waals surface area contributed by atoms with Gasteiger partial charge in [-0.2, -0.15) is 5.10 Å². The molecule has 1 aromatic heterocycles. The van der Waals surface area contributed by atoms with Gasteiger partial charge in [0.2, 0.25) is 0 Å². The Morgan fingerprint density at radius 1 is 1.25 bits per heavy atom. The smallest absolute Gasteiger partial charge is 0.305 e. The van der Waals surface area contributed by atoms with Gasteiger partial charge in [0, 0.05) is 17.8 Å². The summed E-state index contributed by atoms with van der Waals surface area (Å²) in [6, 6.07) is 7.35. The fourth-order valence-electron chi connectivity index (χ4n) is 3.91. The minimum absolute atomic E-state index is 0.0879. The molecule has 2 aromatic rings. The maximum atomic E-state index is 13.1. The Labute approximate surface area is 139 Å². The van der Waals surface area contributed by atoms with Crippen LogP contribution in [0.5, 0.6) is 0 Å². The zero-order valence-corrected chi connectivity index (χ0v) is 13.3. The van der Waals surface area contributed by atoms with E-state index in [9.17, 15) is 14.7 Å². The van der Waals surface area contributed by atoms with Crippen LogP contribution in [0, 0.1) is 0 Å². The molecule has 4 rings (SSSR count). The van der Waals surface area contributed by atoms with Crippen LogP contribution in [-0.2, 0) is 24.1 Å². The second-order valence-electron chi connectivity index (χ2n) is 6.44. The van der Waals surface area contributed by atoms with Crippen molar-refractivity contribution >= 4 is 11.9 Å². The van der Waals surface area contributed by atoms with Crippen LogP contribution in [0.3, 0.4) is 0 Å². The highest BCUT2D eigenvalue weighted by molar-refractivity contribution is 5.95. The van der Waals surface area contributed by atoms with Crippen LogP contribution in [0.1, 0.15) is 51.8 Å². The molecule has 24 heavy (non-hydrogen) atoms. The van der Waals surface area contributed by atoms with E-state index in [2.05, 4.69) is 10.2 Å². The summed E-state index contributed by atoms with van der Waals surface area (Å²) in [6.45, 7) is 0.523. The zero-order chi connectivity index (χ0) is 16.7. The van der Waals surface area contributed by atoms with E-state index in [0.29, 0.717) is 12.2 Å². The number of aliphatic carboxylic acids is 1. The van der Waals surface area contributed by atoms with E-state index in [1.54, 1.807) is 4.90 Å². The zero-order valence-electron chi connectivity index (χ0n) is 13.3. The standard InChI is InChI=1S/C18H19N3O3/c22-16(23)10-15-12-5-2-1-4-11(12)8-9-21(15)18(24)17-13-6-3-7-14(13)19-20-17/h1-2,4-5,15H,3,6-10H2,(H,19,20)(H,22,23)/t15-/m1/s1. The van der Waals surface area contributed by atoms with Crippen molar-refractivity contribution in [2.24, 2.45) is 0 Å². The van der Waals surface area contributed by atoms with Crippen LogP contribution < -0.4 is 0 Å². The number of aromatic amines is 1. The van der Waals surface area contributed by atoms with Crippen LogP contribution in [0.15, 0.2) is 24.3 Å². The number of aryl methyl sites for hydroxylation is 1. The fourth-order valence-corrected chi connectivity index (χ4v) is 3.91. The SMILES string of the molecule is O=C(O)C[C@@H]1c2ccccc2CCN1C(=O)c1n[nH]c2c1CCC2. The summed E-state index contributed by atoms with van der Waals surface area (Å²) in [7, 11) is 0. The van der Waals surface area contributed by atoms with Gasteiger partial charge in [0.25, 0.3) is 5.91 Å². The number of hydrogen-bond donors (Lipinski definition) is 2. The molecule has 0 saturated carbocycles. The molecule has 1 aliphatic heterocycles. The second kappa shape index (κ2) is 5.78. The monoisotopic (exact) mass is 325 g/mol. The number of carbonyl (C=O) groups is 2. The van der Waals surface area contributed by atoms with E-state index in [0.717, 1.165) is 48.1 Å². The van der Waals surface area contributed by atoms with Gasteiger partial charge in [-0.3, -0.25) is 14.7 Å². The van der Waals surface area contributed by atoms with Gasteiger partial charge >= 0.3 is 5.97 Å². The predicted octanol–water partition coefficient (Wildman–Crippen LogP) is 2.11. The summed E-state index contributed by atoms with van der Waals surface area (Å²) >= 11 is 0. The maximum absolute atomic E-state index is 13.1. The molecule has 0 unspecified atom stereocenters. The Kier molecular flexibility index (Phi) is 3.59. The number of rotatable bonds is 3. The van der Waals surface area contributed by atoms with Crippen LogP contribution >= 0.6 is 0 Å². The molecule has 0 radical (unpaired) electrons. The molecule has 0 fully saturated rings. The summed E-state index contributed by atoms with van der Waals surface area (Å²) in [5, 5.41) is 16.5. The van der Waals surface area contributed by atoms with Gasteiger partial charge in [-0.1, -0.05) is 24.3 Å². The highest BCUT2D eigenvalue weighted by Crippen LogP contribution is 2.34. The van der Waals surface area contributed by atoms with Crippen LogP contribution in [0.2, 0.25) is 0 Å². The molecule has 6 heteroatoms. The Bertz CT molecular complexity index is 812. The lowest BCUT2D eigenvalue weighted by molar-refractivity contribution is -0.138. The number of hydrogen-bond acceptors (Lipinski definition) is 3. The highest BCUT2D eigenvalue weighted by Gasteiger charge is 2.35. The molecule has 0 spiro atoms. The number of benzene rings is 1. The lowest BCUT2D eigenvalue weighted by Gasteiger charge is -2.36. The van der Waals surface area contributed by atoms with Crippen molar-refractivity contribution in [3.63, 3.8) is 0 Å². The number of nitrogens with one attached hydrogen (secondary N) is 1. The molecule has 2 aliphatic rings. The highest BCUT2D eigenvalue weighted by atomic mass is 16.4. The third-order valence-corrected chi connectivity index (χ3v) is 5.05. The van der Waals surface area contributed by atoms with Gasteiger partial charge in [0.1, 0.15) is 0 Å². The van der Waals surface area contributed by atoms with Crippen molar-refractivity contribution in [3.05, 3.63) is 52.3 Å². The number of carbonyl (C=O) groups excluding carboxylic acids is 1. The van der Waals surface area contributed by atoms with Crippen molar-refractivity contribution in [3.8, 4) is 0 Å². The number of nitrogens with zero attached hydrogens (tertiary/aromatic N) is 2. The largest absolute Gasteiger partial charge is 0.481 e. The van der Waals surface area contributed by atoms with Gasteiger partial charge in [-0.05, 0) is 36.8 Å². The number of fused-ring (bicyclic) bond motifs is 2. The lowest BCUT2D eigenvalue weighted by atomic mass is 9.90. The van der Waals surface area contributed by atoms with Gasteiger partial charge in [0.15, 0.2) is 5.69 Å². The lowest BCUT2D eigenvalue weighted by Crippen LogP contribution is -2.41. The van der Waals surface area contributed by atoms with Crippen LogP contribution in [-0.4, -0.2) is 38.6 Å². The molecule has 2 heterocycles. The molecule has 2 N–H and O–H groups in total. The van der Waals surface area contributed by atoms with E-state index >= 15 is 0 Å². The van der Waals surface area contributed by atoms with Gasteiger partial charge in [-0.15, -0.1) is 0 Å². The molecule has 0 saturated heterocycles. The van der Waals surface area contributed by atoms with E-state index in [1.165, 1.54) is 0 Å². The number of amides is 1. The molecule has 124 valence electrons. The van der Waals surface area contributed by atoms with Gasteiger partial charge in [0.05, 0.1) is 12.5 Å². The normalized spacial score (nSPS) is 19.0. The molecule has 1 aliphatic carbocycles. The molecular weight excluding hydrogens is 306 g/mol. The molecule has 0 bridgehead atoms.